The summed E-state index contributed by atoms with van der Waals surface area (Å²) >= 11 is 0. The first-order valence-electron chi connectivity index (χ1n) is 12.7. The maximum Gasteiger partial charge on any atom is 0.472 e. The second-order valence-corrected chi connectivity index (χ2v) is 12.4. The zero-order valence-electron chi connectivity index (χ0n) is 21.9. The number of phosphoric ester groups is 2. The summed E-state index contributed by atoms with van der Waals surface area (Å²) in [7, 11) is -9.67. The Labute approximate surface area is 239 Å². The highest BCUT2D eigenvalue weighted by molar-refractivity contribution is 7.47. The number of fused-ring (bicyclic) bond motifs is 2. The van der Waals surface area contributed by atoms with Gasteiger partial charge in [0, 0.05) is 12.6 Å². The molecule has 232 valence electrons. The molecule has 2 saturated heterocycles. The average molecular weight is 644 g/mol. The molecule has 21 nitrogen and oxygen atoms in total. The van der Waals surface area contributed by atoms with E-state index >= 15 is 0 Å². The summed E-state index contributed by atoms with van der Waals surface area (Å²) in [5.74, 6) is 0.0344. The number of pyridine rings is 1. The number of rotatable bonds is 10. The Hall–Kier alpha value is -3.36. The molecular weight excluding hydrogens is 618 g/mol. The number of aromatic nitrogens is 8. The fourth-order valence-electron chi connectivity index (χ4n) is 4.93. The predicted molar refractivity (Wildman–Crippen MR) is 143 cm³/mol. The molecule has 8 N–H and O–H groups in total. The number of anilines is 2. The maximum absolute atomic E-state index is 13.0. The molecule has 2 aliphatic heterocycles. The van der Waals surface area contributed by atoms with E-state index in [-0.39, 0.29) is 36.0 Å². The molecular formula is C20H26N10O11P2. The Balaban J connectivity index is 1.11. The van der Waals surface area contributed by atoms with Crippen molar-refractivity contribution in [3.05, 3.63) is 28.9 Å². The molecule has 2 fully saturated rings. The maximum atomic E-state index is 13.0. The number of phosphoric acid groups is 2. The van der Waals surface area contributed by atoms with E-state index in [1.165, 1.54) is 21.8 Å². The van der Waals surface area contributed by atoms with Crippen LogP contribution >= 0.6 is 15.6 Å². The monoisotopic (exact) mass is 644 g/mol. The van der Waals surface area contributed by atoms with Gasteiger partial charge < -0.3 is 35.6 Å². The van der Waals surface area contributed by atoms with E-state index in [1.807, 2.05) is 0 Å². The second-order valence-electron chi connectivity index (χ2n) is 9.72. The fraction of sp³-hybridized carbons (Fsp3) is 0.500. The normalized spacial score (nSPS) is 26.0. The number of nitrogens with one attached hydrogen (secondary N) is 1. The van der Waals surface area contributed by atoms with Gasteiger partial charge in [-0.2, -0.15) is 4.98 Å². The number of ether oxygens (including phenoxy) is 2. The van der Waals surface area contributed by atoms with Crippen LogP contribution in [0.4, 0.5) is 11.8 Å². The van der Waals surface area contributed by atoms with Crippen molar-refractivity contribution in [3.63, 3.8) is 0 Å². The highest BCUT2D eigenvalue weighted by Gasteiger charge is 2.44. The lowest BCUT2D eigenvalue weighted by Gasteiger charge is -2.22. The van der Waals surface area contributed by atoms with Crippen LogP contribution in [-0.2, 0) is 32.2 Å². The molecule has 23 heteroatoms. The van der Waals surface area contributed by atoms with E-state index in [9.17, 15) is 18.8 Å². The van der Waals surface area contributed by atoms with Gasteiger partial charge in [-0.05, 0) is 18.9 Å². The number of nitrogens with zero attached hydrogens (tertiary/aromatic N) is 7. The van der Waals surface area contributed by atoms with Gasteiger partial charge >= 0.3 is 15.6 Å². The molecule has 2 aliphatic rings. The van der Waals surface area contributed by atoms with E-state index in [2.05, 4.69) is 34.8 Å². The topological polar surface area (TPSA) is 300 Å². The van der Waals surface area contributed by atoms with E-state index in [0.717, 1.165) is 0 Å². The van der Waals surface area contributed by atoms with Crippen molar-refractivity contribution in [2.45, 2.75) is 50.0 Å². The molecule has 0 amide bonds. The summed E-state index contributed by atoms with van der Waals surface area (Å²) in [4.78, 5) is 55.4. The number of hydrogen-bond acceptors (Lipinski definition) is 15. The van der Waals surface area contributed by atoms with Crippen LogP contribution < -0.4 is 17.0 Å². The van der Waals surface area contributed by atoms with E-state index in [4.69, 9.17) is 39.8 Å². The van der Waals surface area contributed by atoms with Crippen LogP contribution in [0.15, 0.2) is 23.4 Å². The van der Waals surface area contributed by atoms with Gasteiger partial charge in [0.2, 0.25) is 5.95 Å². The Kier molecular flexibility index (Phi) is 7.80. The van der Waals surface area contributed by atoms with Gasteiger partial charge in [-0.15, -0.1) is 5.10 Å². The minimum absolute atomic E-state index is 0.0826. The van der Waals surface area contributed by atoms with Gasteiger partial charge in [0.05, 0.1) is 31.2 Å². The van der Waals surface area contributed by atoms with E-state index in [1.54, 1.807) is 6.07 Å². The third-order valence-corrected chi connectivity index (χ3v) is 8.32. The first-order valence-corrected chi connectivity index (χ1v) is 15.7. The van der Waals surface area contributed by atoms with Gasteiger partial charge in [0.25, 0.3) is 5.56 Å². The Morgan fingerprint density at radius 2 is 1.88 bits per heavy atom. The number of nitrogen functional groups attached to an aromatic ring is 2. The van der Waals surface area contributed by atoms with Crippen LogP contribution in [0, 0.1) is 0 Å². The van der Waals surface area contributed by atoms with Crippen molar-refractivity contribution >= 4 is 49.6 Å². The van der Waals surface area contributed by atoms with E-state index < -0.39 is 58.6 Å². The number of hydrogen-bond donors (Lipinski definition) is 6. The number of nitrogens with two attached hydrogens (primary N) is 2. The van der Waals surface area contributed by atoms with Gasteiger partial charge in [0.1, 0.15) is 18.4 Å². The highest BCUT2D eigenvalue weighted by Crippen LogP contribution is 2.50. The van der Waals surface area contributed by atoms with Crippen molar-refractivity contribution in [1.29, 1.82) is 0 Å². The Bertz CT molecular complexity index is 1810. The second kappa shape index (κ2) is 11.3. The van der Waals surface area contributed by atoms with Crippen LogP contribution in [0.25, 0.3) is 22.2 Å². The molecule has 4 aromatic rings. The molecule has 2 unspecified atom stereocenters. The summed E-state index contributed by atoms with van der Waals surface area (Å²) in [5.41, 5.74) is 12.0. The van der Waals surface area contributed by atoms with E-state index in [0.29, 0.717) is 23.9 Å². The molecule has 43 heavy (non-hydrogen) atoms. The summed E-state index contributed by atoms with van der Waals surface area (Å²) in [6, 6.07) is 1.58. The smallest absolute Gasteiger partial charge is 0.382 e. The summed E-state index contributed by atoms with van der Waals surface area (Å²) in [5, 5.41) is 7.98. The minimum atomic E-state index is -4.91. The van der Waals surface area contributed by atoms with Gasteiger partial charge in [-0.1, -0.05) is 5.21 Å². The largest absolute Gasteiger partial charge is 0.472 e. The van der Waals surface area contributed by atoms with Crippen molar-refractivity contribution in [2.75, 3.05) is 24.7 Å². The molecule has 0 aromatic carbocycles. The first-order chi connectivity index (χ1) is 20.4. The summed E-state index contributed by atoms with van der Waals surface area (Å²) in [6.45, 7) is -1.01. The molecule has 0 saturated carbocycles. The number of aromatic amines is 1. The van der Waals surface area contributed by atoms with Crippen LogP contribution in [0.1, 0.15) is 31.7 Å². The molecule has 4 aromatic heterocycles. The zero-order chi connectivity index (χ0) is 30.5. The van der Waals surface area contributed by atoms with Crippen molar-refractivity contribution in [2.24, 2.45) is 0 Å². The van der Waals surface area contributed by atoms with Crippen LogP contribution in [-0.4, -0.2) is 85.7 Å². The quantitative estimate of drug-likeness (QED) is 0.121. The molecule has 0 spiro atoms. The third kappa shape index (κ3) is 6.31. The minimum Gasteiger partial charge on any atom is -0.382 e. The van der Waals surface area contributed by atoms with Crippen LogP contribution in [0.5, 0.6) is 0 Å². The lowest BCUT2D eigenvalue weighted by Crippen LogP contribution is -2.28. The average Bonchev–Trinajstić information content (AvgIpc) is 3.71. The van der Waals surface area contributed by atoms with Crippen LogP contribution in [0.2, 0.25) is 0 Å². The third-order valence-electron chi connectivity index (χ3n) is 6.82. The van der Waals surface area contributed by atoms with Gasteiger partial charge in [-0.3, -0.25) is 27.9 Å². The molecule has 0 aliphatic carbocycles. The highest BCUT2D eigenvalue weighted by atomic mass is 31.2. The Morgan fingerprint density at radius 3 is 2.67 bits per heavy atom. The standard InChI is InChI=1S/C20H26N10O11P2/c21-17-15-10(3-4-23-17)30(28-27-15)14-5-11(12(40-14)7-37-42(32,33)34)41-43(35,36)38-6-9-1-2-13(39-9)29-8-24-16-18(29)25-20(22)26-19(16)31/h3-4,8-9,11-14H,1-2,5-7H2,(H2,21,23)(H,35,36)(H2,32,33,34)(H3,22,25,26,31)/t9-,11?,12+,13+,14+/m0/s1. The van der Waals surface area contributed by atoms with Crippen LogP contribution in [0.3, 0.4) is 0 Å². The van der Waals surface area contributed by atoms with Gasteiger partial charge in [0.15, 0.2) is 28.7 Å². The molecule has 6 rings (SSSR count). The van der Waals surface area contributed by atoms with Gasteiger partial charge in [-0.25, -0.2) is 23.8 Å². The molecule has 0 radical (unpaired) electrons. The number of H-pyrrole nitrogens is 1. The Morgan fingerprint density at radius 1 is 1.07 bits per heavy atom. The SMILES string of the molecule is Nc1nc2c(ncn2[C@H]2CC[C@@H](COP(=O)(O)OC3C[C@H](n4nnc5c(N)nccc54)O[C@@H]3COP(=O)(O)O)O2)c(=O)[nH]1. The molecule has 0 bridgehead atoms. The van der Waals surface area contributed by atoms with Crippen molar-refractivity contribution < 1.29 is 46.9 Å². The first kappa shape index (κ1) is 29.7. The molecule has 6 atom stereocenters. The zero-order valence-corrected chi connectivity index (χ0v) is 23.7. The van der Waals surface area contributed by atoms with Crippen molar-refractivity contribution in [1.82, 2.24) is 39.5 Å². The van der Waals surface area contributed by atoms with Crippen molar-refractivity contribution in [3.8, 4) is 0 Å². The summed E-state index contributed by atoms with van der Waals surface area (Å²) in [6.07, 6.45) is -0.959. The fourth-order valence-corrected chi connectivity index (χ4v) is 6.25. The molecule has 6 heterocycles. The lowest BCUT2D eigenvalue weighted by molar-refractivity contribution is -0.0506. The lowest BCUT2D eigenvalue weighted by atomic mass is 10.2. The summed E-state index contributed by atoms with van der Waals surface area (Å²) < 4.78 is 54.1. The number of imidazole rings is 1. The predicted octanol–water partition coefficient (Wildman–Crippen LogP) is -0.300.